The molecule has 1 aliphatic heterocycles. The molecule has 0 spiro atoms. The molecule has 262 valence electrons. The van der Waals surface area contributed by atoms with Gasteiger partial charge in [0, 0.05) is 24.7 Å². The summed E-state index contributed by atoms with van der Waals surface area (Å²) >= 11 is 0. The smallest absolute Gasteiger partial charge is 0.310 e. The van der Waals surface area contributed by atoms with Crippen LogP contribution in [-0.4, -0.2) is 61.5 Å². The van der Waals surface area contributed by atoms with E-state index in [2.05, 4.69) is 133 Å². The van der Waals surface area contributed by atoms with Gasteiger partial charge in [0.05, 0.1) is 18.1 Å². The molecule has 0 radical (unpaired) electrons. The van der Waals surface area contributed by atoms with E-state index in [1.165, 1.54) is 11.1 Å². The quantitative estimate of drug-likeness (QED) is 0.136. The normalized spacial score (nSPS) is 25.7. The molecule has 11 heteroatoms. The van der Waals surface area contributed by atoms with Crippen molar-refractivity contribution >= 4 is 16.6 Å². The number of hydrogen-bond donors (Lipinski definition) is 1. The van der Waals surface area contributed by atoms with Crippen LogP contribution >= 0.6 is 0 Å². The van der Waals surface area contributed by atoms with Gasteiger partial charge >= 0.3 is 5.92 Å². The number of alkyl halides is 2. The maximum absolute atomic E-state index is 16.4. The maximum atomic E-state index is 16.4. The predicted octanol–water partition coefficient (Wildman–Crippen LogP) is 9.53. The molecular formula is C36H58F2N4O3Si2. The largest absolute Gasteiger partial charge is 0.488 e. The Morgan fingerprint density at radius 2 is 1.77 bits per heavy atom. The highest BCUT2D eigenvalue weighted by Crippen LogP contribution is 2.56. The third-order valence-electron chi connectivity index (χ3n) is 11.1. The molecule has 1 aromatic carbocycles. The molecule has 1 saturated carbocycles. The standard InChI is InChI=1S/C36H58F2N4O3Si2/c1-24-16-15-17-26(22-24)25(2)28(44-46(9,10)34(3,4)5)21-20-27-29(45-47(11,12)35(6,7)8)23-30-33(27)36(37,38)31(43-30)18-13-14-19-32-39-41-42-40-32/h15-18,20-22,25,27-30,33H,13-14,19,23H2,1-12H3,(H,39,40,41,42)/b21-20+,31-18-/t25?,27-,28+,29+,30-,33+/m0/s1. The molecule has 1 saturated heterocycles. The molecule has 4 rings (SSSR count). The van der Waals surface area contributed by atoms with Gasteiger partial charge in [0.1, 0.15) is 11.9 Å². The van der Waals surface area contributed by atoms with Crippen molar-refractivity contribution in [1.82, 2.24) is 20.6 Å². The summed E-state index contributed by atoms with van der Waals surface area (Å²) in [6, 6.07) is 8.50. The fraction of sp³-hybridized carbons (Fsp3) is 0.694. The number of hydrogen-bond acceptors (Lipinski definition) is 6. The van der Waals surface area contributed by atoms with Crippen molar-refractivity contribution in [1.29, 1.82) is 0 Å². The second kappa shape index (κ2) is 14.0. The Morgan fingerprint density at radius 3 is 2.36 bits per heavy atom. The molecule has 7 nitrogen and oxygen atoms in total. The molecule has 1 unspecified atom stereocenters. The number of tetrazole rings is 1. The lowest BCUT2D eigenvalue weighted by Crippen LogP contribution is -2.46. The third kappa shape index (κ3) is 8.51. The lowest BCUT2D eigenvalue weighted by atomic mass is 9.86. The summed E-state index contributed by atoms with van der Waals surface area (Å²) in [6.45, 7) is 26.4. The minimum absolute atomic E-state index is 0.00612. The van der Waals surface area contributed by atoms with Crippen LogP contribution in [0.1, 0.15) is 90.6 Å². The average Bonchev–Trinajstić information content (AvgIpc) is 3.64. The number of halogens is 2. The number of benzene rings is 1. The second-order valence-corrected chi connectivity index (χ2v) is 26.3. The Labute approximate surface area is 283 Å². The van der Waals surface area contributed by atoms with Gasteiger partial charge in [0.15, 0.2) is 22.4 Å². The summed E-state index contributed by atoms with van der Waals surface area (Å²) in [5, 5.41) is 13.7. The van der Waals surface area contributed by atoms with Gasteiger partial charge in [-0.1, -0.05) is 90.4 Å². The van der Waals surface area contributed by atoms with Crippen LogP contribution in [0.25, 0.3) is 0 Å². The zero-order valence-corrected chi connectivity index (χ0v) is 32.7. The molecule has 1 aromatic heterocycles. The van der Waals surface area contributed by atoms with Crippen LogP contribution in [0.4, 0.5) is 8.78 Å². The SMILES string of the molecule is Cc1cccc(C(C)[C@@H](/C=C/[C@@H]2[C@@H]3[C@H](C[C@H]2O[Si](C)(C)C(C)(C)C)O/C(=C\CCCc2nnn[nH]2)C3(F)F)O[Si](C)(C)C(C)(C)C)c1. The van der Waals surface area contributed by atoms with E-state index in [1.807, 2.05) is 6.08 Å². The highest BCUT2D eigenvalue weighted by molar-refractivity contribution is 6.74. The van der Waals surface area contributed by atoms with E-state index in [0.29, 0.717) is 31.5 Å². The summed E-state index contributed by atoms with van der Waals surface area (Å²) in [5.41, 5.74) is 2.36. The minimum Gasteiger partial charge on any atom is -0.488 e. The van der Waals surface area contributed by atoms with E-state index in [-0.39, 0.29) is 34.0 Å². The Balaban J connectivity index is 1.67. The molecular weight excluding hydrogens is 631 g/mol. The number of fused-ring (bicyclic) bond motifs is 1. The number of allylic oxidation sites excluding steroid dienone is 2. The maximum Gasteiger partial charge on any atom is 0.310 e. The van der Waals surface area contributed by atoms with Gasteiger partial charge in [-0.2, -0.15) is 8.78 Å². The fourth-order valence-electron chi connectivity index (χ4n) is 6.12. The van der Waals surface area contributed by atoms with E-state index >= 15 is 8.78 Å². The van der Waals surface area contributed by atoms with Gasteiger partial charge in [0.25, 0.3) is 0 Å². The van der Waals surface area contributed by atoms with E-state index < -0.39 is 40.5 Å². The third-order valence-corrected chi connectivity index (χ3v) is 20.1. The number of aromatic nitrogens is 4. The number of ether oxygens (including phenoxy) is 1. The van der Waals surface area contributed by atoms with Crippen LogP contribution in [0.2, 0.25) is 36.3 Å². The zero-order valence-electron chi connectivity index (χ0n) is 30.7. The predicted molar refractivity (Wildman–Crippen MR) is 189 cm³/mol. The molecule has 6 atom stereocenters. The van der Waals surface area contributed by atoms with Crippen LogP contribution in [0.5, 0.6) is 0 Å². The van der Waals surface area contributed by atoms with Gasteiger partial charge in [-0.3, -0.25) is 0 Å². The number of unbranched alkanes of at least 4 members (excludes halogenated alkanes) is 1. The Hall–Kier alpha value is -2.22. The Kier molecular flexibility index (Phi) is 11.2. The van der Waals surface area contributed by atoms with Crippen molar-refractivity contribution in [2.45, 2.75) is 147 Å². The number of aromatic amines is 1. The van der Waals surface area contributed by atoms with E-state index in [1.54, 1.807) is 6.08 Å². The van der Waals surface area contributed by atoms with Crippen LogP contribution in [0, 0.1) is 18.8 Å². The van der Waals surface area contributed by atoms with Crippen molar-refractivity contribution in [2.24, 2.45) is 11.8 Å². The first-order valence-electron chi connectivity index (χ1n) is 17.2. The lowest BCUT2D eigenvalue weighted by molar-refractivity contribution is -0.0259. The second-order valence-electron chi connectivity index (χ2n) is 16.8. The molecule has 0 amide bonds. The van der Waals surface area contributed by atoms with Gasteiger partial charge in [-0.15, -0.1) is 5.10 Å². The monoisotopic (exact) mass is 688 g/mol. The number of rotatable bonds is 12. The molecule has 0 bridgehead atoms. The molecule has 1 N–H and O–H groups in total. The zero-order chi connectivity index (χ0) is 35.0. The Bertz CT molecular complexity index is 1400. The first kappa shape index (κ1) is 37.6. The molecule has 2 aromatic rings. The van der Waals surface area contributed by atoms with Gasteiger partial charge in [-0.25, -0.2) is 5.10 Å². The summed E-state index contributed by atoms with van der Waals surface area (Å²) in [6.07, 6.45) is 6.49. The van der Waals surface area contributed by atoms with E-state index in [4.69, 9.17) is 13.6 Å². The van der Waals surface area contributed by atoms with Gasteiger partial charge < -0.3 is 13.6 Å². The number of nitrogens with one attached hydrogen (secondary N) is 1. The Morgan fingerprint density at radius 1 is 1.09 bits per heavy atom. The van der Waals surface area contributed by atoms with Crippen LogP contribution < -0.4 is 0 Å². The molecule has 2 fully saturated rings. The molecule has 2 aliphatic rings. The van der Waals surface area contributed by atoms with Crippen molar-refractivity contribution in [3.63, 3.8) is 0 Å². The van der Waals surface area contributed by atoms with Crippen LogP contribution in [0.3, 0.4) is 0 Å². The minimum atomic E-state index is -3.11. The highest BCUT2D eigenvalue weighted by Gasteiger charge is 2.64. The molecule has 47 heavy (non-hydrogen) atoms. The van der Waals surface area contributed by atoms with Crippen LogP contribution in [0.15, 0.2) is 48.3 Å². The summed E-state index contributed by atoms with van der Waals surface area (Å²) < 4.78 is 53.0. The first-order valence-corrected chi connectivity index (χ1v) is 23.0. The summed E-state index contributed by atoms with van der Waals surface area (Å²) in [7, 11) is -4.48. The van der Waals surface area contributed by atoms with Gasteiger partial charge in [0.2, 0.25) is 0 Å². The topological polar surface area (TPSA) is 82.2 Å². The number of nitrogens with zero attached hydrogens (tertiary/aromatic N) is 3. The highest BCUT2D eigenvalue weighted by atomic mass is 28.4. The van der Waals surface area contributed by atoms with Crippen molar-refractivity contribution in [3.05, 3.63) is 65.2 Å². The first-order chi connectivity index (χ1) is 21.6. The van der Waals surface area contributed by atoms with E-state index in [0.717, 1.165) is 0 Å². The van der Waals surface area contributed by atoms with Crippen molar-refractivity contribution in [3.8, 4) is 0 Å². The average molecular weight is 689 g/mol. The number of H-pyrrole nitrogens is 1. The van der Waals surface area contributed by atoms with Crippen LogP contribution in [-0.2, 0) is 20.0 Å². The van der Waals surface area contributed by atoms with Gasteiger partial charge in [-0.05, 0) is 78.1 Å². The summed E-state index contributed by atoms with van der Waals surface area (Å²) in [4.78, 5) is 0. The fourth-order valence-corrected chi connectivity index (χ4v) is 8.80. The lowest BCUT2D eigenvalue weighted by Gasteiger charge is -2.41. The number of aryl methyl sites for hydroxylation is 2. The molecule has 2 heterocycles. The van der Waals surface area contributed by atoms with E-state index in [9.17, 15) is 0 Å². The molecule has 1 aliphatic carbocycles. The van der Waals surface area contributed by atoms with Crippen molar-refractivity contribution < 1.29 is 22.4 Å². The van der Waals surface area contributed by atoms with Crippen molar-refractivity contribution in [2.75, 3.05) is 0 Å². The summed E-state index contributed by atoms with van der Waals surface area (Å²) in [5.74, 6) is -4.19.